The molecule has 4 rings (SSSR count). The maximum atomic E-state index is 13.6. The fourth-order valence-electron chi connectivity index (χ4n) is 4.35. The fraction of sp³-hybridized carbons (Fsp3) is 0.379. The number of amides is 2. The minimum Gasteiger partial charge on any atom is -0.482 e. The normalized spacial score (nSPS) is 17.4. The predicted octanol–water partition coefficient (Wildman–Crippen LogP) is 3.15. The SMILES string of the molecule is CC1(C)O/C(=C2/C(=O)Nc3cc(F)ccc32)C=C1c1ccc(C(=O)NCCOCCOCCOCCO)cc1. The van der Waals surface area contributed by atoms with E-state index >= 15 is 0 Å². The number of anilines is 1. The number of rotatable bonds is 13. The van der Waals surface area contributed by atoms with Crippen molar-refractivity contribution in [2.45, 2.75) is 19.4 Å². The summed E-state index contributed by atoms with van der Waals surface area (Å²) in [4.78, 5) is 25.2. The number of aliphatic hydroxyl groups excluding tert-OH is 1. The Morgan fingerprint density at radius 1 is 1.00 bits per heavy atom. The molecule has 9 nitrogen and oxygen atoms in total. The van der Waals surface area contributed by atoms with Gasteiger partial charge >= 0.3 is 0 Å². The van der Waals surface area contributed by atoms with Crippen LogP contribution in [0.2, 0.25) is 0 Å². The molecule has 2 aliphatic rings. The summed E-state index contributed by atoms with van der Waals surface area (Å²) in [6, 6.07) is 11.3. The van der Waals surface area contributed by atoms with Gasteiger partial charge in [0.15, 0.2) is 0 Å². The van der Waals surface area contributed by atoms with Gasteiger partial charge in [-0.25, -0.2) is 4.39 Å². The van der Waals surface area contributed by atoms with E-state index in [9.17, 15) is 14.0 Å². The quantitative estimate of drug-likeness (QED) is 0.264. The number of nitrogens with one attached hydrogen (secondary N) is 2. The van der Waals surface area contributed by atoms with Crippen LogP contribution >= 0.6 is 0 Å². The molecule has 2 aromatic rings. The zero-order valence-corrected chi connectivity index (χ0v) is 22.1. The van der Waals surface area contributed by atoms with E-state index in [0.717, 1.165) is 11.1 Å². The third-order valence-corrected chi connectivity index (χ3v) is 6.23. The zero-order valence-electron chi connectivity index (χ0n) is 22.1. The van der Waals surface area contributed by atoms with Gasteiger partial charge < -0.3 is 34.7 Å². The van der Waals surface area contributed by atoms with Crippen LogP contribution in [0.3, 0.4) is 0 Å². The Kier molecular flexibility index (Phi) is 9.47. The molecule has 39 heavy (non-hydrogen) atoms. The third kappa shape index (κ3) is 7.10. The standard InChI is InChI=1S/C29H33FN2O7/c1-29(2)23(18-25(39-29)26-22-8-7-21(30)17-24(22)32-28(26)35)19-3-5-20(6-4-19)27(34)31-9-11-36-13-15-38-16-14-37-12-10-33/h3-8,17-18,33H,9-16H2,1-2H3,(H,31,34)(H,32,35)/b26-25+. The van der Waals surface area contributed by atoms with Gasteiger partial charge in [-0.05, 0) is 55.8 Å². The topological polar surface area (TPSA) is 115 Å². The Hall–Kier alpha value is -3.57. The van der Waals surface area contributed by atoms with E-state index in [1.807, 2.05) is 32.1 Å². The Morgan fingerprint density at radius 3 is 2.36 bits per heavy atom. The molecule has 0 aliphatic carbocycles. The highest BCUT2D eigenvalue weighted by molar-refractivity contribution is 6.32. The summed E-state index contributed by atoms with van der Waals surface area (Å²) in [5.74, 6) is -0.567. The van der Waals surface area contributed by atoms with Gasteiger partial charge in [0.1, 0.15) is 17.2 Å². The number of ether oxygens (including phenoxy) is 4. The maximum absolute atomic E-state index is 13.6. The molecule has 0 spiro atoms. The molecule has 2 aliphatic heterocycles. The predicted molar refractivity (Wildman–Crippen MR) is 143 cm³/mol. The van der Waals surface area contributed by atoms with Gasteiger partial charge in [-0.15, -0.1) is 0 Å². The van der Waals surface area contributed by atoms with Crippen LogP contribution in [-0.4, -0.2) is 75.3 Å². The smallest absolute Gasteiger partial charge is 0.260 e. The van der Waals surface area contributed by atoms with Crippen LogP contribution < -0.4 is 10.6 Å². The summed E-state index contributed by atoms with van der Waals surface area (Å²) in [5.41, 5.74) is 2.88. The van der Waals surface area contributed by atoms with Gasteiger partial charge in [0.2, 0.25) is 0 Å². The molecule has 2 aromatic carbocycles. The van der Waals surface area contributed by atoms with Gasteiger partial charge in [0, 0.05) is 23.2 Å². The highest BCUT2D eigenvalue weighted by atomic mass is 19.1. The largest absolute Gasteiger partial charge is 0.482 e. The fourth-order valence-corrected chi connectivity index (χ4v) is 4.35. The average Bonchev–Trinajstić information content (AvgIpc) is 3.40. The minimum absolute atomic E-state index is 0.00859. The molecule has 3 N–H and O–H groups in total. The highest BCUT2D eigenvalue weighted by Gasteiger charge is 2.38. The molecule has 0 bridgehead atoms. The van der Waals surface area contributed by atoms with E-state index in [1.54, 1.807) is 18.2 Å². The maximum Gasteiger partial charge on any atom is 0.260 e. The molecule has 2 amide bonds. The second-order valence-electron chi connectivity index (χ2n) is 9.45. The first-order chi connectivity index (χ1) is 18.8. The second kappa shape index (κ2) is 13.0. The number of allylic oxidation sites excluding steroid dienone is 1. The van der Waals surface area contributed by atoms with Gasteiger partial charge in [0.05, 0.1) is 57.5 Å². The number of fused-ring (bicyclic) bond motifs is 1. The number of hydrogen-bond donors (Lipinski definition) is 3. The molecule has 2 heterocycles. The van der Waals surface area contributed by atoms with Gasteiger partial charge in [0.25, 0.3) is 11.8 Å². The molecular weight excluding hydrogens is 507 g/mol. The molecule has 208 valence electrons. The lowest BCUT2D eigenvalue weighted by Crippen LogP contribution is -2.27. The lowest BCUT2D eigenvalue weighted by atomic mass is 9.91. The van der Waals surface area contributed by atoms with Crippen molar-refractivity contribution in [2.24, 2.45) is 0 Å². The molecule has 0 fully saturated rings. The van der Waals surface area contributed by atoms with Crippen molar-refractivity contribution < 1.29 is 38.0 Å². The summed E-state index contributed by atoms with van der Waals surface area (Å²) >= 11 is 0. The average molecular weight is 541 g/mol. The van der Waals surface area contributed by atoms with E-state index in [2.05, 4.69) is 10.6 Å². The van der Waals surface area contributed by atoms with Crippen molar-refractivity contribution in [3.63, 3.8) is 0 Å². The molecule has 0 atom stereocenters. The van der Waals surface area contributed by atoms with Crippen molar-refractivity contribution >= 4 is 28.6 Å². The molecule has 10 heteroatoms. The van der Waals surface area contributed by atoms with E-state index in [0.29, 0.717) is 74.3 Å². The van der Waals surface area contributed by atoms with Crippen LogP contribution in [0.25, 0.3) is 11.1 Å². The zero-order chi connectivity index (χ0) is 27.8. The Morgan fingerprint density at radius 2 is 1.67 bits per heavy atom. The molecule has 0 radical (unpaired) electrons. The van der Waals surface area contributed by atoms with E-state index in [4.69, 9.17) is 24.1 Å². The van der Waals surface area contributed by atoms with Crippen molar-refractivity contribution in [3.05, 3.63) is 76.8 Å². The first kappa shape index (κ1) is 28.4. The van der Waals surface area contributed by atoms with Crippen LogP contribution in [0, 0.1) is 5.82 Å². The number of hydrogen-bond acceptors (Lipinski definition) is 7. The number of benzene rings is 2. The van der Waals surface area contributed by atoms with Crippen LogP contribution in [0.15, 0.2) is 54.3 Å². The first-order valence-corrected chi connectivity index (χ1v) is 12.8. The van der Waals surface area contributed by atoms with E-state index in [-0.39, 0.29) is 18.4 Å². The van der Waals surface area contributed by atoms with Gasteiger partial charge in [-0.1, -0.05) is 12.1 Å². The van der Waals surface area contributed by atoms with Gasteiger partial charge in [-0.2, -0.15) is 0 Å². The third-order valence-electron chi connectivity index (χ3n) is 6.23. The lowest BCUT2D eigenvalue weighted by Gasteiger charge is -2.23. The molecular formula is C29H33FN2O7. The van der Waals surface area contributed by atoms with Crippen molar-refractivity contribution in [1.29, 1.82) is 0 Å². The lowest BCUT2D eigenvalue weighted by molar-refractivity contribution is -0.111. The van der Waals surface area contributed by atoms with Gasteiger partial charge in [-0.3, -0.25) is 9.59 Å². The minimum atomic E-state index is -0.720. The summed E-state index contributed by atoms with van der Waals surface area (Å²) in [7, 11) is 0. The van der Waals surface area contributed by atoms with Crippen molar-refractivity contribution in [3.8, 4) is 0 Å². The monoisotopic (exact) mass is 540 g/mol. The van der Waals surface area contributed by atoms with E-state index < -0.39 is 11.4 Å². The number of carbonyl (C=O) groups excluding carboxylic acids is 2. The van der Waals surface area contributed by atoms with Crippen molar-refractivity contribution in [1.82, 2.24) is 5.32 Å². The van der Waals surface area contributed by atoms with E-state index in [1.165, 1.54) is 12.1 Å². The number of carbonyl (C=O) groups is 2. The number of aliphatic hydroxyl groups is 1. The summed E-state index contributed by atoms with van der Waals surface area (Å²) in [6.07, 6.45) is 1.83. The first-order valence-electron chi connectivity index (χ1n) is 12.8. The Labute approximate surface area is 226 Å². The summed E-state index contributed by atoms with van der Waals surface area (Å²) in [5, 5.41) is 14.1. The molecule has 0 saturated heterocycles. The second-order valence-corrected chi connectivity index (χ2v) is 9.45. The van der Waals surface area contributed by atoms with Crippen LogP contribution in [0.1, 0.15) is 35.3 Å². The Balaban J connectivity index is 1.30. The number of halogens is 1. The highest BCUT2D eigenvalue weighted by Crippen LogP contribution is 2.44. The summed E-state index contributed by atoms with van der Waals surface area (Å²) in [6.45, 7) is 6.48. The molecule has 0 unspecified atom stereocenters. The summed E-state index contributed by atoms with van der Waals surface area (Å²) < 4.78 is 35.7. The molecule has 0 saturated carbocycles. The van der Waals surface area contributed by atoms with Crippen LogP contribution in [0.5, 0.6) is 0 Å². The van der Waals surface area contributed by atoms with Crippen LogP contribution in [-0.2, 0) is 23.7 Å². The molecule has 0 aromatic heterocycles. The Bertz CT molecular complexity index is 1250. The van der Waals surface area contributed by atoms with Crippen molar-refractivity contribution in [2.75, 3.05) is 58.1 Å². The van der Waals surface area contributed by atoms with Crippen LogP contribution in [0.4, 0.5) is 10.1 Å².